The highest BCUT2D eigenvalue weighted by atomic mass is 35.5. The number of hydrogen-bond acceptors (Lipinski definition) is 1. The lowest BCUT2D eigenvalue weighted by Gasteiger charge is -2.04. The predicted molar refractivity (Wildman–Crippen MR) is 64.9 cm³/mol. The van der Waals surface area contributed by atoms with Gasteiger partial charge in [0.05, 0.1) is 10.7 Å². The summed E-state index contributed by atoms with van der Waals surface area (Å²) in [4.78, 5) is 10.5. The molecule has 0 saturated heterocycles. The van der Waals surface area contributed by atoms with Crippen molar-refractivity contribution < 1.29 is 9.90 Å². The summed E-state index contributed by atoms with van der Waals surface area (Å²) in [5.74, 6) is 0.701. The number of amides is 1. The number of benzene rings is 1. The molecule has 0 heterocycles. The van der Waals surface area contributed by atoms with Crippen molar-refractivity contribution in [3.63, 3.8) is 0 Å². The van der Waals surface area contributed by atoms with Gasteiger partial charge in [-0.05, 0) is 36.5 Å². The van der Waals surface area contributed by atoms with Gasteiger partial charge in [0.1, 0.15) is 0 Å². The summed E-state index contributed by atoms with van der Waals surface area (Å²) in [6.45, 7) is 0. The maximum absolute atomic E-state index is 10.5. The van der Waals surface area contributed by atoms with Gasteiger partial charge in [-0.3, -0.25) is 5.32 Å². The number of carbonyl (C=O) groups is 1. The van der Waals surface area contributed by atoms with E-state index in [0.29, 0.717) is 16.6 Å². The van der Waals surface area contributed by atoms with Gasteiger partial charge >= 0.3 is 6.09 Å². The smallest absolute Gasteiger partial charge is 0.409 e. The molecule has 16 heavy (non-hydrogen) atoms. The van der Waals surface area contributed by atoms with Gasteiger partial charge in [-0.2, -0.15) is 0 Å². The largest absolute Gasteiger partial charge is 0.465 e. The Balaban J connectivity index is 2.16. The molecule has 0 aromatic heterocycles. The van der Waals surface area contributed by atoms with Crippen LogP contribution >= 0.6 is 11.6 Å². The third kappa shape index (κ3) is 3.00. The van der Waals surface area contributed by atoms with Gasteiger partial charge in [0.2, 0.25) is 0 Å². The molecule has 1 fully saturated rings. The van der Waals surface area contributed by atoms with Crippen LogP contribution in [0.2, 0.25) is 5.02 Å². The zero-order chi connectivity index (χ0) is 11.5. The van der Waals surface area contributed by atoms with E-state index < -0.39 is 6.09 Å². The third-order valence-corrected chi connectivity index (χ3v) is 2.74. The van der Waals surface area contributed by atoms with E-state index in [4.69, 9.17) is 16.7 Å². The lowest BCUT2D eigenvalue weighted by Crippen LogP contribution is -2.07. The minimum atomic E-state index is -1.11. The number of rotatable bonds is 3. The van der Waals surface area contributed by atoms with E-state index in [1.165, 1.54) is 12.8 Å². The number of halogens is 1. The summed E-state index contributed by atoms with van der Waals surface area (Å²) in [5, 5.41) is 11.3. The van der Waals surface area contributed by atoms with E-state index in [2.05, 4.69) is 11.4 Å². The predicted octanol–water partition coefficient (Wildman–Crippen LogP) is 3.85. The van der Waals surface area contributed by atoms with E-state index >= 15 is 0 Å². The molecule has 2 N–H and O–H groups in total. The van der Waals surface area contributed by atoms with Crippen LogP contribution in [0.25, 0.3) is 6.08 Å². The van der Waals surface area contributed by atoms with Crippen molar-refractivity contribution in [2.45, 2.75) is 12.8 Å². The van der Waals surface area contributed by atoms with Crippen LogP contribution in [-0.4, -0.2) is 11.2 Å². The van der Waals surface area contributed by atoms with Crippen molar-refractivity contribution in [2.24, 2.45) is 5.92 Å². The average molecular weight is 238 g/mol. The second-order valence-corrected chi connectivity index (χ2v) is 4.27. The number of carboxylic acid groups (broad SMARTS) is 1. The molecule has 0 aliphatic heterocycles. The molecular weight excluding hydrogens is 226 g/mol. The first kappa shape index (κ1) is 11.0. The normalized spacial score (nSPS) is 15.3. The van der Waals surface area contributed by atoms with Gasteiger partial charge in [0, 0.05) is 0 Å². The maximum Gasteiger partial charge on any atom is 0.409 e. The standard InChI is InChI=1S/C12H12ClNO2/c13-10-6-5-9(4-3-8-1-2-8)7-11(10)14-12(15)16/h3-8,14H,1-2H2,(H,15,16)/b4-3+. The summed E-state index contributed by atoms with van der Waals surface area (Å²) in [6, 6.07) is 5.29. The molecule has 2 rings (SSSR count). The summed E-state index contributed by atoms with van der Waals surface area (Å²) in [5.41, 5.74) is 1.38. The lowest BCUT2D eigenvalue weighted by atomic mass is 10.1. The van der Waals surface area contributed by atoms with Crippen molar-refractivity contribution in [1.29, 1.82) is 0 Å². The molecule has 84 valence electrons. The van der Waals surface area contributed by atoms with Crippen molar-refractivity contribution in [2.75, 3.05) is 5.32 Å². The van der Waals surface area contributed by atoms with Crippen molar-refractivity contribution >= 4 is 29.5 Å². The van der Waals surface area contributed by atoms with Crippen LogP contribution in [0, 0.1) is 5.92 Å². The van der Waals surface area contributed by atoms with Crippen LogP contribution < -0.4 is 5.32 Å². The van der Waals surface area contributed by atoms with Gasteiger partial charge in [0.15, 0.2) is 0 Å². The minimum absolute atomic E-state index is 0.408. The molecule has 0 radical (unpaired) electrons. The van der Waals surface area contributed by atoms with Crippen molar-refractivity contribution in [3.8, 4) is 0 Å². The number of hydrogen-bond donors (Lipinski definition) is 2. The molecule has 3 nitrogen and oxygen atoms in total. The first-order valence-corrected chi connectivity index (χ1v) is 5.50. The monoisotopic (exact) mass is 237 g/mol. The van der Waals surface area contributed by atoms with Gasteiger partial charge < -0.3 is 5.11 Å². The molecule has 1 aromatic carbocycles. The molecule has 0 atom stereocenters. The fourth-order valence-electron chi connectivity index (χ4n) is 1.39. The van der Waals surface area contributed by atoms with Crippen LogP contribution in [0.5, 0.6) is 0 Å². The van der Waals surface area contributed by atoms with Crippen LogP contribution in [0.15, 0.2) is 24.3 Å². The van der Waals surface area contributed by atoms with Crippen molar-refractivity contribution in [3.05, 3.63) is 34.9 Å². The molecule has 1 aliphatic rings. The Kier molecular flexibility index (Phi) is 3.15. The summed E-state index contributed by atoms with van der Waals surface area (Å²) in [7, 11) is 0. The highest BCUT2D eigenvalue weighted by Crippen LogP contribution is 2.31. The Morgan fingerprint density at radius 1 is 1.50 bits per heavy atom. The highest BCUT2D eigenvalue weighted by molar-refractivity contribution is 6.33. The Morgan fingerprint density at radius 3 is 2.88 bits per heavy atom. The van der Waals surface area contributed by atoms with Crippen LogP contribution in [0.3, 0.4) is 0 Å². The van der Waals surface area contributed by atoms with Gasteiger partial charge in [0.25, 0.3) is 0 Å². The lowest BCUT2D eigenvalue weighted by molar-refractivity contribution is 0.210. The zero-order valence-electron chi connectivity index (χ0n) is 8.61. The molecule has 1 aromatic rings. The maximum atomic E-state index is 10.5. The van der Waals surface area contributed by atoms with Gasteiger partial charge in [-0.15, -0.1) is 0 Å². The van der Waals surface area contributed by atoms with E-state index in [-0.39, 0.29) is 0 Å². The quantitative estimate of drug-likeness (QED) is 0.839. The minimum Gasteiger partial charge on any atom is -0.465 e. The molecule has 1 saturated carbocycles. The Morgan fingerprint density at radius 2 is 2.25 bits per heavy atom. The zero-order valence-corrected chi connectivity index (χ0v) is 9.37. The van der Waals surface area contributed by atoms with Crippen molar-refractivity contribution in [1.82, 2.24) is 0 Å². The van der Waals surface area contributed by atoms with E-state index in [0.717, 1.165) is 5.56 Å². The van der Waals surface area contributed by atoms with E-state index in [1.807, 2.05) is 12.1 Å². The fourth-order valence-corrected chi connectivity index (χ4v) is 1.56. The third-order valence-electron chi connectivity index (χ3n) is 2.41. The Labute approximate surface area is 98.7 Å². The highest BCUT2D eigenvalue weighted by Gasteiger charge is 2.16. The Bertz CT molecular complexity index is 439. The van der Waals surface area contributed by atoms with Crippen LogP contribution in [-0.2, 0) is 0 Å². The second-order valence-electron chi connectivity index (χ2n) is 3.87. The average Bonchev–Trinajstić information content (AvgIpc) is 3.02. The number of nitrogens with one attached hydrogen (secondary N) is 1. The summed E-state index contributed by atoms with van der Waals surface area (Å²) >= 11 is 5.87. The van der Waals surface area contributed by atoms with Gasteiger partial charge in [-0.25, -0.2) is 4.79 Å². The molecule has 1 aliphatic carbocycles. The second kappa shape index (κ2) is 4.58. The SMILES string of the molecule is O=C(O)Nc1cc(/C=C/C2CC2)ccc1Cl. The summed E-state index contributed by atoms with van der Waals surface area (Å²) < 4.78 is 0. The number of anilines is 1. The first-order chi connectivity index (χ1) is 7.65. The molecular formula is C12H12ClNO2. The van der Waals surface area contributed by atoms with E-state index in [9.17, 15) is 4.79 Å². The molecule has 4 heteroatoms. The van der Waals surface area contributed by atoms with E-state index in [1.54, 1.807) is 12.1 Å². The fraction of sp³-hybridized carbons (Fsp3) is 0.250. The molecule has 0 unspecified atom stereocenters. The van der Waals surface area contributed by atoms with Gasteiger partial charge in [-0.1, -0.05) is 29.8 Å². The Hall–Kier alpha value is -1.48. The first-order valence-electron chi connectivity index (χ1n) is 5.13. The molecule has 0 spiro atoms. The van der Waals surface area contributed by atoms with Crippen LogP contribution in [0.1, 0.15) is 18.4 Å². The molecule has 0 bridgehead atoms. The van der Waals surface area contributed by atoms with Crippen LogP contribution in [0.4, 0.5) is 10.5 Å². The topological polar surface area (TPSA) is 49.3 Å². The number of allylic oxidation sites excluding steroid dienone is 1. The summed E-state index contributed by atoms with van der Waals surface area (Å²) in [6.07, 6.45) is 5.55. The molecule has 1 amide bonds.